The molecule has 0 saturated heterocycles. The number of ether oxygens (including phenoxy) is 2. The van der Waals surface area contributed by atoms with E-state index in [4.69, 9.17) is 9.47 Å². The number of amides is 3. The Labute approximate surface area is 170 Å². The Kier molecular flexibility index (Phi) is 6.94. The maximum atomic E-state index is 12.4. The van der Waals surface area contributed by atoms with E-state index >= 15 is 0 Å². The monoisotopic (exact) mass is 397 g/mol. The average molecular weight is 397 g/mol. The molecule has 0 spiro atoms. The van der Waals surface area contributed by atoms with Gasteiger partial charge in [0.25, 0.3) is 5.91 Å². The molecular formula is C22H27N3O4. The lowest BCUT2D eigenvalue weighted by Crippen LogP contribution is -2.36. The van der Waals surface area contributed by atoms with E-state index in [-0.39, 0.29) is 11.9 Å². The normalized spacial score (nSPS) is 14.0. The lowest BCUT2D eigenvalue weighted by molar-refractivity contribution is 0.0927. The summed E-state index contributed by atoms with van der Waals surface area (Å²) in [5, 5.41) is 8.58. The van der Waals surface area contributed by atoms with Crippen LogP contribution in [0.5, 0.6) is 11.5 Å². The van der Waals surface area contributed by atoms with Gasteiger partial charge in [-0.15, -0.1) is 0 Å². The van der Waals surface area contributed by atoms with Crippen molar-refractivity contribution in [1.29, 1.82) is 0 Å². The van der Waals surface area contributed by atoms with Crippen molar-refractivity contribution in [2.24, 2.45) is 0 Å². The van der Waals surface area contributed by atoms with Crippen LogP contribution in [0.3, 0.4) is 0 Å². The van der Waals surface area contributed by atoms with E-state index in [1.54, 1.807) is 49.6 Å². The second-order valence-corrected chi connectivity index (χ2v) is 7.03. The smallest absolute Gasteiger partial charge is 0.323 e. The first-order valence-corrected chi connectivity index (χ1v) is 9.80. The fourth-order valence-electron chi connectivity index (χ4n) is 3.42. The Hall–Kier alpha value is -3.22. The van der Waals surface area contributed by atoms with Gasteiger partial charge in [0.05, 0.1) is 19.9 Å². The van der Waals surface area contributed by atoms with Crippen LogP contribution in [0, 0.1) is 0 Å². The highest BCUT2D eigenvalue weighted by atomic mass is 16.5. The Bertz CT molecular complexity index is 846. The second-order valence-electron chi connectivity index (χ2n) is 7.03. The van der Waals surface area contributed by atoms with E-state index < -0.39 is 6.03 Å². The molecule has 1 saturated carbocycles. The van der Waals surface area contributed by atoms with Crippen LogP contribution in [0.15, 0.2) is 42.5 Å². The molecule has 1 aliphatic carbocycles. The number of hydrogen-bond acceptors (Lipinski definition) is 4. The van der Waals surface area contributed by atoms with E-state index in [9.17, 15) is 9.59 Å². The molecular weight excluding hydrogens is 370 g/mol. The summed E-state index contributed by atoms with van der Waals surface area (Å²) in [4.78, 5) is 24.7. The van der Waals surface area contributed by atoms with Gasteiger partial charge in [-0.25, -0.2) is 4.79 Å². The van der Waals surface area contributed by atoms with Crippen LogP contribution in [0.1, 0.15) is 42.5 Å². The third-order valence-electron chi connectivity index (χ3n) is 5.00. The quantitative estimate of drug-likeness (QED) is 0.674. The first-order valence-electron chi connectivity index (χ1n) is 9.80. The second kappa shape index (κ2) is 9.82. The fourth-order valence-corrected chi connectivity index (χ4v) is 3.42. The summed E-state index contributed by atoms with van der Waals surface area (Å²) in [5.41, 5.74) is 1.66. The van der Waals surface area contributed by atoms with Crippen LogP contribution >= 0.6 is 0 Å². The molecule has 2 aromatic carbocycles. The van der Waals surface area contributed by atoms with Crippen molar-refractivity contribution >= 4 is 23.3 Å². The topological polar surface area (TPSA) is 88.7 Å². The van der Waals surface area contributed by atoms with E-state index in [2.05, 4.69) is 16.0 Å². The molecule has 1 aliphatic rings. The summed E-state index contributed by atoms with van der Waals surface area (Å²) in [6, 6.07) is 11.8. The predicted molar refractivity (Wildman–Crippen MR) is 113 cm³/mol. The van der Waals surface area contributed by atoms with Gasteiger partial charge in [0.15, 0.2) is 0 Å². The van der Waals surface area contributed by atoms with Crippen LogP contribution in [0.2, 0.25) is 0 Å². The molecule has 0 atom stereocenters. The number of carbonyl (C=O) groups excluding carboxylic acids is 2. The van der Waals surface area contributed by atoms with Crippen molar-refractivity contribution in [3.05, 3.63) is 48.0 Å². The van der Waals surface area contributed by atoms with Crippen molar-refractivity contribution < 1.29 is 19.1 Å². The molecule has 3 N–H and O–H groups in total. The number of nitrogens with one attached hydrogen (secondary N) is 3. The Morgan fingerprint density at radius 2 is 1.62 bits per heavy atom. The molecule has 0 heterocycles. The van der Waals surface area contributed by atoms with Gasteiger partial charge >= 0.3 is 6.03 Å². The Morgan fingerprint density at radius 3 is 2.28 bits per heavy atom. The third-order valence-corrected chi connectivity index (χ3v) is 5.00. The van der Waals surface area contributed by atoms with Crippen LogP contribution in [0.25, 0.3) is 0 Å². The minimum atomic E-state index is -0.420. The number of hydrogen-bond donors (Lipinski definition) is 3. The molecule has 29 heavy (non-hydrogen) atoms. The van der Waals surface area contributed by atoms with Gasteiger partial charge in [0.1, 0.15) is 11.5 Å². The zero-order valence-corrected chi connectivity index (χ0v) is 16.8. The van der Waals surface area contributed by atoms with Gasteiger partial charge in [-0.2, -0.15) is 0 Å². The molecule has 0 aliphatic heterocycles. The first-order chi connectivity index (χ1) is 14.1. The van der Waals surface area contributed by atoms with Crippen LogP contribution in [-0.2, 0) is 0 Å². The SMILES string of the molecule is COc1ccc(OC)c(NC(=O)Nc2ccc(C(=O)NC3CCCCC3)cc2)c1. The number of carbonyl (C=O) groups is 2. The highest BCUT2D eigenvalue weighted by Crippen LogP contribution is 2.29. The summed E-state index contributed by atoms with van der Waals surface area (Å²) in [6.45, 7) is 0. The minimum Gasteiger partial charge on any atom is -0.497 e. The van der Waals surface area contributed by atoms with Crippen molar-refractivity contribution in [1.82, 2.24) is 5.32 Å². The number of benzene rings is 2. The molecule has 0 bridgehead atoms. The summed E-state index contributed by atoms with van der Waals surface area (Å²) >= 11 is 0. The molecule has 1 fully saturated rings. The predicted octanol–water partition coefficient (Wildman–Crippen LogP) is 4.41. The molecule has 0 radical (unpaired) electrons. The highest BCUT2D eigenvalue weighted by molar-refractivity contribution is 6.01. The van der Waals surface area contributed by atoms with Crippen LogP contribution in [-0.4, -0.2) is 32.2 Å². The van der Waals surface area contributed by atoms with Gasteiger partial charge in [0, 0.05) is 23.4 Å². The van der Waals surface area contributed by atoms with E-state index in [0.717, 1.165) is 12.8 Å². The number of anilines is 2. The molecule has 7 heteroatoms. The Morgan fingerprint density at radius 1 is 0.897 bits per heavy atom. The van der Waals surface area contributed by atoms with Crippen molar-refractivity contribution in [3.63, 3.8) is 0 Å². The summed E-state index contributed by atoms with van der Waals surface area (Å²) in [6.07, 6.45) is 5.66. The maximum Gasteiger partial charge on any atom is 0.323 e. The van der Waals surface area contributed by atoms with Gasteiger partial charge in [-0.3, -0.25) is 4.79 Å². The number of rotatable bonds is 6. The zero-order valence-electron chi connectivity index (χ0n) is 16.8. The molecule has 2 aromatic rings. The van der Waals surface area contributed by atoms with E-state index in [1.165, 1.54) is 26.4 Å². The fraction of sp³-hybridized carbons (Fsp3) is 0.364. The summed E-state index contributed by atoms with van der Waals surface area (Å²) < 4.78 is 10.4. The third kappa shape index (κ3) is 5.63. The molecule has 154 valence electrons. The van der Waals surface area contributed by atoms with Gasteiger partial charge in [-0.1, -0.05) is 19.3 Å². The molecule has 0 unspecified atom stereocenters. The lowest BCUT2D eigenvalue weighted by atomic mass is 9.95. The van der Waals surface area contributed by atoms with Gasteiger partial charge < -0.3 is 25.4 Å². The largest absolute Gasteiger partial charge is 0.497 e. The molecule has 7 nitrogen and oxygen atoms in total. The van der Waals surface area contributed by atoms with E-state index in [1.807, 2.05) is 0 Å². The highest BCUT2D eigenvalue weighted by Gasteiger charge is 2.16. The van der Waals surface area contributed by atoms with Crippen molar-refractivity contribution in [2.75, 3.05) is 24.9 Å². The van der Waals surface area contributed by atoms with Gasteiger partial charge in [0.2, 0.25) is 0 Å². The minimum absolute atomic E-state index is 0.0750. The Balaban J connectivity index is 1.58. The van der Waals surface area contributed by atoms with Crippen molar-refractivity contribution in [2.45, 2.75) is 38.1 Å². The molecule has 3 amide bonds. The molecule has 0 aromatic heterocycles. The first kappa shape index (κ1) is 20.5. The average Bonchev–Trinajstić information content (AvgIpc) is 2.74. The van der Waals surface area contributed by atoms with Gasteiger partial charge in [-0.05, 0) is 49.2 Å². The number of urea groups is 1. The van der Waals surface area contributed by atoms with Crippen LogP contribution < -0.4 is 25.4 Å². The summed E-state index contributed by atoms with van der Waals surface area (Å²) in [5.74, 6) is 1.05. The van der Waals surface area contributed by atoms with Crippen molar-refractivity contribution in [3.8, 4) is 11.5 Å². The molecule has 3 rings (SSSR count). The van der Waals surface area contributed by atoms with Crippen LogP contribution in [0.4, 0.5) is 16.2 Å². The van der Waals surface area contributed by atoms with E-state index in [0.29, 0.717) is 28.4 Å². The lowest BCUT2D eigenvalue weighted by Gasteiger charge is -2.22. The standard InChI is InChI=1S/C22H27N3O4/c1-28-18-12-13-20(29-2)19(14-18)25-22(27)24-17-10-8-15(9-11-17)21(26)23-16-6-4-3-5-7-16/h8-14,16H,3-7H2,1-2H3,(H,23,26)(H2,24,25,27). The maximum absolute atomic E-state index is 12.4. The summed E-state index contributed by atoms with van der Waals surface area (Å²) in [7, 11) is 3.08. The number of methoxy groups -OCH3 is 2. The zero-order chi connectivity index (χ0) is 20.6.